The molecule has 0 bridgehead atoms. The highest BCUT2D eigenvalue weighted by Gasteiger charge is 2.09. The second kappa shape index (κ2) is 3.81. The van der Waals surface area contributed by atoms with Crippen LogP contribution in [0.5, 0.6) is 0 Å². The summed E-state index contributed by atoms with van der Waals surface area (Å²) in [4.78, 5) is 3.92. The molecule has 2 aromatic rings. The van der Waals surface area contributed by atoms with Crippen LogP contribution in [0.25, 0.3) is 5.69 Å². The minimum absolute atomic E-state index is 0.361. The number of imidazole rings is 1. The van der Waals surface area contributed by atoms with E-state index in [4.69, 9.17) is 34.8 Å². The van der Waals surface area contributed by atoms with E-state index in [9.17, 15) is 0 Å². The Bertz CT molecular complexity index is 451. The van der Waals surface area contributed by atoms with E-state index in [-0.39, 0.29) is 0 Å². The molecule has 1 aromatic heterocycles. The van der Waals surface area contributed by atoms with Gasteiger partial charge in [-0.15, -0.1) is 0 Å². The topological polar surface area (TPSA) is 17.8 Å². The van der Waals surface area contributed by atoms with Gasteiger partial charge in [0.05, 0.1) is 27.1 Å². The molecule has 0 saturated carbocycles. The second-order valence-electron chi connectivity index (χ2n) is 2.66. The highest BCUT2D eigenvalue weighted by molar-refractivity contribution is 6.48. The third-order valence-corrected chi connectivity index (χ3v) is 3.08. The van der Waals surface area contributed by atoms with Crippen molar-refractivity contribution >= 4 is 34.8 Å². The average Bonchev–Trinajstić information content (AvgIpc) is 2.67. The molecule has 0 aliphatic heterocycles. The lowest BCUT2D eigenvalue weighted by molar-refractivity contribution is 1.06. The molecule has 0 amide bonds. The van der Waals surface area contributed by atoms with Gasteiger partial charge < -0.3 is 4.57 Å². The Morgan fingerprint density at radius 1 is 1.07 bits per heavy atom. The van der Waals surface area contributed by atoms with Gasteiger partial charge in [-0.3, -0.25) is 0 Å². The third-order valence-electron chi connectivity index (χ3n) is 1.80. The Morgan fingerprint density at radius 2 is 1.86 bits per heavy atom. The zero-order valence-electron chi connectivity index (χ0n) is 6.92. The number of rotatable bonds is 1. The number of hydrogen-bond donors (Lipinski definition) is 0. The van der Waals surface area contributed by atoms with Crippen molar-refractivity contribution in [3.05, 3.63) is 45.9 Å². The highest BCUT2D eigenvalue weighted by Crippen LogP contribution is 2.34. The smallest absolute Gasteiger partial charge is 0.0992 e. The summed E-state index contributed by atoms with van der Waals surface area (Å²) in [6.45, 7) is 0. The van der Waals surface area contributed by atoms with Gasteiger partial charge in [0.15, 0.2) is 0 Å². The minimum atomic E-state index is 0.361. The molecule has 2 rings (SSSR count). The molecule has 0 fully saturated rings. The molecule has 1 aromatic carbocycles. The SMILES string of the molecule is Clc1ccc(-n2ccnc2)c(Cl)c1Cl. The van der Waals surface area contributed by atoms with Crippen LogP contribution in [0.15, 0.2) is 30.9 Å². The number of halogens is 3. The van der Waals surface area contributed by atoms with Crippen molar-refractivity contribution < 1.29 is 0 Å². The van der Waals surface area contributed by atoms with Gasteiger partial charge in [0, 0.05) is 12.4 Å². The lowest BCUT2D eigenvalue weighted by Crippen LogP contribution is -1.91. The lowest BCUT2D eigenvalue weighted by Gasteiger charge is -2.07. The first-order chi connectivity index (χ1) is 6.70. The lowest BCUT2D eigenvalue weighted by atomic mass is 10.3. The van der Waals surface area contributed by atoms with E-state index in [1.807, 2.05) is 0 Å². The summed E-state index contributed by atoms with van der Waals surface area (Å²) >= 11 is 17.7. The van der Waals surface area contributed by atoms with Gasteiger partial charge in [-0.25, -0.2) is 4.98 Å². The maximum Gasteiger partial charge on any atom is 0.0992 e. The van der Waals surface area contributed by atoms with Gasteiger partial charge >= 0.3 is 0 Å². The monoisotopic (exact) mass is 246 g/mol. The van der Waals surface area contributed by atoms with Crippen LogP contribution in [0.2, 0.25) is 15.1 Å². The zero-order valence-corrected chi connectivity index (χ0v) is 9.18. The Labute approximate surface area is 96.0 Å². The summed E-state index contributed by atoms with van der Waals surface area (Å²) in [6, 6.07) is 3.49. The molecule has 0 aliphatic carbocycles. The summed E-state index contributed by atoms with van der Waals surface area (Å²) < 4.78 is 1.77. The fourth-order valence-corrected chi connectivity index (χ4v) is 1.74. The van der Waals surface area contributed by atoms with Crippen LogP contribution < -0.4 is 0 Å². The predicted octanol–water partition coefficient (Wildman–Crippen LogP) is 3.83. The van der Waals surface area contributed by atoms with Crippen LogP contribution in [0.4, 0.5) is 0 Å². The molecule has 14 heavy (non-hydrogen) atoms. The molecule has 5 heteroatoms. The van der Waals surface area contributed by atoms with Crippen molar-refractivity contribution in [1.82, 2.24) is 9.55 Å². The first-order valence-electron chi connectivity index (χ1n) is 3.82. The van der Waals surface area contributed by atoms with Crippen molar-refractivity contribution in [3.8, 4) is 5.69 Å². The Kier molecular flexibility index (Phi) is 2.68. The van der Waals surface area contributed by atoms with Gasteiger partial charge in [-0.05, 0) is 12.1 Å². The van der Waals surface area contributed by atoms with E-state index in [0.29, 0.717) is 15.1 Å². The first kappa shape index (κ1) is 9.84. The van der Waals surface area contributed by atoms with E-state index in [1.165, 1.54) is 0 Å². The zero-order chi connectivity index (χ0) is 10.1. The second-order valence-corrected chi connectivity index (χ2v) is 3.83. The number of nitrogens with zero attached hydrogens (tertiary/aromatic N) is 2. The average molecular weight is 248 g/mol. The quantitative estimate of drug-likeness (QED) is 0.700. The standard InChI is InChI=1S/C9H5Cl3N2/c10-6-1-2-7(9(12)8(6)11)14-4-3-13-5-14/h1-5H. The van der Waals surface area contributed by atoms with Gasteiger partial charge in [-0.2, -0.15) is 0 Å². The minimum Gasteiger partial charge on any atom is -0.305 e. The molecule has 0 N–H and O–H groups in total. The summed E-state index contributed by atoms with van der Waals surface area (Å²) in [7, 11) is 0. The van der Waals surface area contributed by atoms with Crippen molar-refractivity contribution in [2.24, 2.45) is 0 Å². The summed E-state index contributed by atoms with van der Waals surface area (Å²) in [5, 5.41) is 1.23. The molecule has 72 valence electrons. The fourth-order valence-electron chi connectivity index (χ4n) is 1.12. The van der Waals surface area contributed by atoms with E-state index in [2.05, 4.69) is 4.98 Å². The van der Waals surface area contributed by atoms with Crippen LogP contribution in [0.3, 0.4) is 0 Å². The van der Waals surface area contributed by atoms with Crippen LogP contribution >= 0.6 is 34.8 Å². The van der Waals surface area contributed by atoms with Gasteiger partial charge in [0.2, 0.25) is 0 Å². The molecule has 0 radical (unpaired) electrons. The highest BCUT2D eigenvalue weighted by atomic mass is 35.5. The van der Waals surface area contributed by atoms with Crippen LogP contribution in [0.1, 0.15) is 0 Å². The molecule has 0 spiro atoms. The number of benzene rings is 1. The first-order valence-corrected chi connectivity index (χ1v) is 4.95. The van der Waals surface area contributed by atoms with Crippen molar-refractivity contribution in [2.45, 2.75) is 0 Å². The fraction of sp³-hybridized carbons (Fsp3) is 0. The van der Waals surface area contributed by atoms with Gasteiger partial charge in [-0.1, -0.05) is 34.8 Å². The molecule has 0 saturated heterocycles. The molecule has 0 atom stereocenters. The Balaban J connectivity index is 2.61. The van der Waals surface area contributed by atoms with Gasteiger partial charge in [0.1, 0.15) is 0 Å². The van der Waals surface area contributed by atoms with Gasteiger partial charge in [0.25, 0.3) is 0 Å². The molecule has 1 heterocycles. The largest absolute Gasteiger partial charge is 0.305 e. The van der Waals surface area contributed by atoms with Crippen LogP contribution in [0, 0.1) is 0 Å². The number of aromatic nitrogens is 2. The van der Waals surface area contributed by atoms with Crippen molar-refractivity contribution in [2.75, 3.05) is 0 Å². The van der Waals surface area contributed by atoms with E-state index in [0.717, 1.165) is 5.69 Å². The van der Waals surface area contributed by atoms with E-state index >= 15 is 0 Å². The van der Waals surface area contributed by atoms with E-state index in [1.54, 1.807) is 35.4 Å². The summed E-state index contributed by atoms with van der Waals surface area (Å²) in [6.07, 6.45) is 5.09. The Hall–Kier alpha value is -0.700. The number of hydrogen-bond acceptors (Lipinski definition) is 1. The molecule has 2 nitrogen and oxygen atoms in total. The van der Waals surface area contributed by atoms with E-state index < -0.39 is 0 Å². The summed E-state index contributed by atoms with van der Waals surface area (Å²) in [5.41, 5.74) is 0.763. The molecule has 0 aliphatic rings. The van der Waals surface area contributed by atoms with Crippen molar-refractivity contribution in [1.29, 1.82) is 0 Å². The Morgan fingerprint density at radius 3 is 2.50 bits per heavy atom. The molecule has 0 unspecified atom stereocenters. The van der Waals surface area contributed by atoms with Crippen LogP contribution in [-0.2, 0) is 0 Å². The predicted molar refractivity (Wildman–Crippen MR) is 58.6 cm³/mol. The third kappa shape index (κ3) is 1.61. The van der Waals surface area contributed by atoms with Crippen molar-refractivity contribution in [3.63, 3.8) is 0 Å². The molecular weight excluding hydrogens is 242 g/mol. The maximum absolute atomic E-state index is 6.02. The van der Waals surface area contributed by atoms with Crippen LogP contribution in [-0.4, -0.2) is 9.55 Å². The maximum atomic E-state index is 6.02. The summed E-state index contributed by atoms with van der Waals surface area (Å²) in [5.74, 6) is 0. The molecular formula is C9H5Cl3N2. The normalized spacial score (nSPS) is 10.5.